The van der Waals surface area contributed by atoms with Crippen molar-refractivity contribution in [3.63, 3.8) is 0 Å². The molecule has 0 aliphatic carbocycles. The fourth-order valence-electron chi connectivity index (χ4n) is 2.45. The van der Waals surface area contributed by atoms with Crippen molar-refractivity contribution in [2.45, 2.75) is 70.5 Å². The van der Waals surface area contributed by atoms with Gasteiger partial charge in [-0.1, -0.05) is 31.8 Å². The van der Waals surface area contributed by atoms with Crippen molar-refractivity contribution < 1.29 is 41.8 Å². The van der Waals surface area contributed by atoms with Crippen LogP contribution in [0.25, 0.3) is 0 Å². The van der Waals surface area contributed by atoms with Crippen LogP contribution in [0, 0.1) is 5.92 Å². The van der Waals surface area contributed by atoms with Gasteiger partial charge in [-0.05, 0) is 26.2 Å². The first-order valence-electron chi connectivity index (χ1n) is 8.67. The zero-order chi connectivity index (χ0) is 20.9. The summed E-state index contributed by atoms with van der Waals surface area (Å²) in [6.07, 6.45) is 9.11. The fourth-order valence-corrected chi connectivity index (χ4v) is 2.71. The molecule has 0 rings (SSSR count). The Morgan fingerprint density at radius 2 is 1.67 bits per heavy atom. The molecule has 0 heterocycles. The van der Waals surface area contributed by atoms with E-state index in [0.29, 0.717) is 12.8 Å². The topological polar surface area (TPSA) is 155 Å². The molecule has 0 spiro atoms. The molecule has 0 bridgehead atoms. The Morgan fingerprint density at radius 3 is 2.19 bits per heavy atom. The van der Waals surface area contributed by atoms with E-state index in [2.05, 4.69) is 4.18 Å². The van der Waals surface area contributed by atoms with Crippen LogP contribution in [0.4, 0.5) is 0 Å². The summed E-state index contributed by atoms with van der Waals surface area (Å²) in [5.41, 5.74) is 0. The van der Waals surface area contributed by atoms with Gasteiger partial charge in [0.2, 0.25) is 0 Å². The van der Waals surface area contributed by atoms with Crippen molar-refractivity contribution in [1.29, 1.82) is 0 Å². The number of carbonyl (C=O) groups is 2. The van der Waals surface area contributed by atoms with Crippen LogP contribution >= 0.6 is 0 Å². The molecule has 27 heavy (non-hydrogen) atoms. The lowest BCUT2D eigenvalue weighted by atomic mass is 9.89. The average molecular weight is 407 g/mol. The van der Waals surface area contributed by atoms with Crippen LogP contribution in [-0.4, -0.2) is 47.0 Å². The maximum absolute atomic E-state index is 11.9. The third-order valence-corrected chi connectivity index (χ3v) is 4.20. The summed E-state index contributed by atoms with van der Waals surface area (Å²) in [6, 6.07) is 0. The minimum atomic E-state index is -4.78. The van der Waals surface area contributed by atoms with Crippen LogP contribution < -0.4 is 0 Å². The van der Waals surface area contributed by atoms with E-state index >= 15 is 0 Å². The van der Waals surface area contributed by atoms with Gasteiger partial charge in [0.05, 0.1) is 5.92 Å². The second-order valence-electron chi connectivity index (χ2n) is 6.35. The van der Waals surface area contributed by atoms with Crippen molar-refractivity contribution >= 4 is 28.4 Å². The molecule has 9 nitrogen and oxygen atoms in total. The first-order chi connectivity index (χ1) is 12.5. The predicted octanol–water partition coefficient (Wildman–Crippen LogP) is 1.40. The van der Waals surface area contributed by atoms with Gasteiger partial charge in [-0.25, -0.2) is 4.79 Å². The minimum absolute atomic E-state index is 0.168. The van der Waals surface area contributed by atoms with Gasteiger partial charge in [-0.15, -0.1) is 0 Å². The van der Waals surface area contributed by atoms with E-state index in [1.54, 1.807) is 6.29 Å². The smallest absolute Gasteiger partial charge is 0.365 e. The summed E-state index contributed by atoms with van der Waals surface area (Å²) in [4.78, 5) is 33.3. The Balaban J connectivity index is 3.79. The highest BCUT2D eigenvalue weighted by atomic mass is 32.3. The first-order valence-corrected chi connectivity index (χ1v) is 10.0. The molecule has 0 aliphatic rings. The van der Waals surface area contributed by atoms with Crippen LogP contribution in [0.1, 0.15) is 64.7 Å². The number of hydrogen-bond acceptors (Lipinski definition) is 8. The lowest BCUT2D eigenvalue weighted by Gasteiger charge is -2.24. The summed E-state index contributed by atoms with van der Waals surface area (Å²) < 4.78 is 32.6. The van der Waals surface area contributed by atoms with Gasteiger partial charge in [-0.2, -0.15) is 8.42 Å². The van der Waals surface area contributed by atoms with Crippen LogP contribution in [-0.2, 0) is 29.0 Å². The zero-order valence-corrected chi connectivity index (χ0v) is 16.1. The normalized spacial score (nSPS) is 13.5. The van der Waals surface area contributed by atoms with Gasteiger partial charge >= 0.3 is 16.4 Å². The molecule has 155 valence electrons. The zero-order valence-electron chi connectivity index (χ0n) is 15.3. The Morgan fingerprint density at radius 1 is 1.11 bits per heavy atom. The van der Waals surface area contributed by atoms with Crippen molar-refractivity contribution in [2.24, 2.45) is 5.92 Å². The van der Waals surface area contributed by atoms with E-state index in [4.69, 9.17) is 4.55 Å². The monoisotopic (exact) mass is 407 g/mol. The SMILES string of the molecule is CC(O)(O)C(C[C]=O)C(=O)CCCCCCCCC=CC(=O)OS(=O)(=O)O. The summed E-state index contributed by atoms with van der Waals surface area (Å²) in [5.74, 6) is -4.91. The Hall–Kier alpha value is -1.62. The quantitative estimate of drug-likeness (QED) is 0.158. The third-order valence-electron chi connectivity index (χ3n) is 3.82. The van der Waals surface area contributed by atoms with E-state index in [1.807, 2.05) is 0 Å². The number of allylic oxidation sites excluding steroid dienone is 1. The second kappa shape index (κ2) is 12.7. The second-order valence-corrected chi connectivity index (χ2v) is 7.38. The molecule has 3 N–H and O–H groups in total. The van der Waals surface area contributed by atoms with Gasteiger partial charge in [-0.3, -0.25) is 14.1 Å². The van der Waals surface area contributed by atoms with Crippen molar-refractivity contribution in [1.82, 2.24) is 0 Å². The minimum Gasteiger partial charge on any atom is -0.365 e. The van der Waals surface area contributed by atoms with Crippen LogP contribution in [0.3, 0.4) is 0 Å². The molecular weight excluding hydrogens is 380 g/mol. The van der Waals surface area contributed by atoms with E-state index in [-0.39, 0.29) is 18.6 Å². The Bertz CT molecular complexity index is 602. The number of ketones is 1. The van der Waals surface area contributed by atoms with Gasteiger partial charge in [0.15, 0.2) is 12.1 Å². The highest BCUT2D eigenvalue weighted by Crippen LogP contribution is 2.21. The van der Waals surface area contributed by atoms with Crippen molar-refractivity contribution in [3.8, 4) is 0 Å². The Kier molecular flexibility index (Phi) is 11.9. The molecule has 1 unspecified atom stereocenters. The molecule has 1 atom stereocenters. The molecular formula is C17H27O9S. The maximum Gasteiger partial charge on any atom is 0.449 e. The van der Waals surface area contributed by atoms with Crippen molar-refractivity contribution in [2.75, 3.05) is 0 Å². The van der Waals surface area contributed by atoms with Crippen LogP contribution in [0.5, 0.6) is 0 Å². The van der Waals surface area contributed by atoms with Crippen molar-refractivity contribution in [3.05, 3.63) is 12.2 Å². The molecule has 0 fully saturated rings. The molecule has 0 aromatic heterocycles. The predicted molar refractivity (Wildman–Crippen MR) is 95.4 cm³/mol. The lowest BCUT2D eigenvalue weighted by Crippen LogP contribution is -2.39. The van der Waals surface area contributed by atoms with Crippen LogP contribution in [0.2, 0.25) is 0 Å². The summed E-state index contributed by atoms with van der Waals surface area (Å²) in [6.45, 7) is 1.07. The summed E-state index contributed by atoms with van der Waals surface area (Å²) in [5, 5.41) is 19.0. The molecule has 0 aromatic carbocycles. The molecule has 0 saturated carbocycles. The third kappa shape index (κ3) is 14.1. The van der Waals surface area contributed by atoms with E-state index in [1.165, 1.54) is 6.08 Å². The van der Waals surface area contributed by atoms with E-state index in [0.717, 1.165) is 45.1 Å². The standard InChI is InChI=1S/C17H27O9S/c1-17(21,22)14(12-13-18)15(19)10-8-6-4-2-3-5-7-9-11-16(20)26-27(23,24)25/h9,11,14,21-22H,2-8,10,12H2,1H3,(H,23,24,25). The van der Waals surface area contributed by atoms with E-state index < -0.39 is 28.1 Å². The summed E-state index contributed by atoms with van der Waals surface area (Å²) in [7, 11) is -4.78. The van der Waals surface area contributed by atoms with Gasteiger partial charge in [0.1, 0.15) is 5.78 Å². The first kappa shape index (κ1) is 25.4. The average Bonchev–Trinajstić information content (AvgIpc) is 2.51. The number of carbonyl (C=O) groups excluding carboxylic acids is 3. The molecule has 10 heteroatoms. The Labute approximate surface area is 159 Å². The fraction of sp³-hybridized carbons (Fsp3) is 0.706. The number of Topliss-reactive ketones (excluding diaryl/α,β-unsaturated/α-hetero) is 1. The highest BCUT2D eigenvalue weighted by molar-refractivity contribution is 7.81. The van der Waals surface area contributed by atoms with Gasteiger partial charge in [0, 0.05) is 18.9 Å². The molecule has 1 radical (unpaired) electrons. The number of hydrogen-bond donors (Lipinski definition) is 3. The lowest BCUT2D eigenvalue weighted by molar-refractivity contribution is -0.187. The highest BCUT2D eigenvalue weighted by Gasteiger charge is 2.34. The summed E-state index contributed by atoms with van der Waals surface area (Å²) >= 11 is 0. The van der Waals surface area contributed by atoms with Gasteiger partial charge in [0.25, 0.3) is 0 Å². The maximum atomic E-state index is 11.9. The van der Waals surface area contributed by atoms with E-state index in [9.17, 15) is 33.0 Å². The van der Waals surface area contributed by atoms with Crippen LogP contribution in [0.15, 0.2) is 12.2 Å². The largest absolute Gasteiger partial charge is 0.449 e. The number of rotatable bonds is 15. The van der Waals surface area contributed by atoms with Gasteiger partial charge < -0.3 is 14.4 Å². The molecule has 0 amide bonds. The number of unbranched alkanes of at least 4 members (excludes halogenated alkanes) is 6. The molecule has 0 saturated heterocycles. The molecule has 0 aromatic rings. The molecule has 0 aliphatic heterocycles. The number of aliphatic hydroxyl groups is 2.